The van der Waals surface area contributed by atoms with Crippen molar-refractivity contribution in [1.82, 2.24) is 10.7 Å². The summed E-state index contributed by atoms with van der Waals surface area (Å²) in [5, 5.41) is 6.83. The Hall–Kier alpha value is -2.86. The number of nitrogens with one attached hydrogen (secondary N) is 2. The van der Waals surface area contributed by atoms with Crippen LogP contribution in [0.1, 0.15) is 15.9 Å². The standard InChI is InChI=1S/C17H16ClN3O3/c1-24-14-8-6-12(7-9-14)17(23)19-11-16(22)21-20-10-13-4-2-3-5-15(13)18/h2-10H,11H2,1H3,(H,19,23)(H,21,22)/b20-10-. The first-order valence-electron chi connectivity index (χ1n) is 7.09. The number of benzene rings is 2. The van der Waals surface area contributed by atoms with Gasteiger partial charge in [-0.2, -0.15) is 5.10 Å². The molecule has 24 heavy (non-hydrogen) atoms. The van der Waals surface area contributed by atoms with E-state index in [0.29, 0.717) is 21.9 Å². The minimum atomic E-state index is -0.444. The fraction of sp³-hybridized carbons (Fsp3) is 0.118. The minimum absolute atomic E-state index is 0.190. The van der Waals surface area contributed by atoms with E-state index in [9.17, 15) is 9.59 Å². The molecule has 2 amide bonds. The third kappa shape index (κ3) is 5.10. The first-order valence-corrected chi connectivity index (χ1v) is 7.46. The molecular weight excluding hydrogens is 330 g/mol. The predicted octanol–water partition coefficient (Wildman–Crippen LogP) is 2.23. The second-order valence-corrected chi connectivity index (χ2v) is 5.13. The van der Waals surface area contributed by atoms with Crippen molar-refractivity contribution in [3.8, 4) is 5.75 Å². The normalized spacial score (nSPS) is 10.4. The zero-order valence-corrected chi connectivity index (χ0v) is 13.7. The molecule has 0 aliphatic heterocycles. The van der Waals surface area contributed by atoms with Crippen molar-refractivity contribution in [2.24, 2.45) is 5.10 Å². The molecule has 0 atom stereocenters. The quantitative estimate of drug-likeness (QED) is 0.622. The van der Waals surface area contributed by atoms with E-state index in [1.165, 1.54) is 6.21 Å². The zero-order chi connectivity index (χ0) is 17.4. The molecule has 0 aliphatic carbocycles. The summed E-state index contributed by atoms with van der Waals surface area (Å²) in [6.07, 6.45) is 1.44. The lowest BCUT2D eigenvalue weighted by Gasteiger charge is -2.05. The van der Waals surface area contributed by atoms with Gasteiger partial charge < -0.3 is 10.1 Å². The van der Waals surface area contributed by atoms with Gasteiger partial charge in [0.15, 0.2) is 0 Å². The number of carbonyl (C=O) groups is 2. The summed E-state index contributed by atoms with van der Waals surface area (Å²) in [6, 6.07) is 13.7. The minimum Gasteiger partial charge on any atom is -0.497 e. The van der Waals surface area contributed by atoms with Crippen LogP contribution in [0.5, 0.6) is 5.75 Å². The topological polar surface area (TPSA) is 79.8 Å². The highest BCUT2D eigenvalue weighted by Crippen LogP contribution is 2.12. The van der Waals surface area contributed by atoms with E-state index in [0.717, 1.165) is 0 Å². The molecule has 0 unspecified atom stereocenters. The summed E-state index contributed by atoms with van der Waals surface area (Å²) >= 11 is 5.96. The van der Waals surface area contributed by atoms with Crippen LogP contribution in [0.4, 0.5) is 0 Å². The number of amides is 2. The van der Waals surface area contributed by atoms with E-state index >= 15 is 0 Å². The van der Waals surface area contributed by atoms with Gasteiger partial charge in [0.25, 0.3) is 11.8 Å². The third-order valence-electron chi connectivity index (χ3n) is 3.06. The maximum absolute atomic E-state index is 11.9. The molecule has 0 saturated carbocycles. The van der Waals surface area contributed by atoms with Gasteiger partial charge in [0.1, 0.15) is 5.75 Å². The van der Waals surface area contributed by atoms with E-state index in [-0.39, 0.29) is 12.5 Å². The molecule has 7 heteroatoms. The molecule has 0 fully saturated rings. The first kappa shape index (κ1) is 17.5. The lowest BCUT2D eigenvalue weighted by molar-refractivity contribution is -0.120. The van der Waals surface area contributed by atoms with Gasteiger partial charge in [0.05, 0.1) is 19.9 Å². The number of halogens is 1. The monoisotopic (exact) mass is 345 g/mol. The number of ether oxygens (including phenoxy) is 1. The molecular formula is C17H16ClN3O3. The Morgan fingerprint density at radius 1 is 1.17 bits per heavy atom. The fourth-order valence-corrected chi connectivity index (χ4v) is 1.98. The predicted molar refractivity (Wildman–Crippen MR) is 92.5 cm³/mol. The highest BCUT2D eigenvalue weighted by molar-refractivity contribution is 6.33. The van der Waals surface area contributed by atoms with Gasteiger partial charge in [-0.15, -0.1) is 0 Å². The van der Waals surface area contributed by atoms with Gasteiger partial charge in [-0.25, -0.2) is 5.43 Å². The van der Waals surface area contributed by atoms with Crippen LogP contribution in [0, 0.1) is 0 Å². The Balaban J connectivity index is 1.80. The molecule has 0 spiro atoms. The van der Waals surface area contributed by atoms with Gasteiger partial charge in [-0.05, 0) is 30.3 Å². The van der Waals surface area contributed by atoms with Crippen LogP contribution in [0.25, 0.3) is 0 Å². The Bertz CT molecular complexity index is 745. The summed E-state index contributed by atoms with van der Waals surface area (Å²) in [7, 11) is 1.54. The van der Waals surface area contributed by atoms with Crippen LogP contribution in [-0.2, 0) is 4.79 Å². The van der Waals surface area contributed by atoms with E-state index in [1.807, 2.05) is 6.07 Å². The number of methoxy groups -OCH3 is 1. The smallest absolute Gasteiger partial charge is 0.259 e. The lowest BCUT2D eigenvalue weighted by Crippen LogP contribution is -2.34. The van der Waals surface area contributed by atoms with Crippen LogP contribution in [0.3, 0.4) is 0 Å². The highest BCUT2D eigenvalue weighted by Gasteiger charge is 2.07. The molecule has 0 heterocycles. The number of carbonyl (C=O) groups excluding carboxylic acids is 2. The summed E-state index contributed by atoms with van der Waals surface area (Å²) in [6.45, 7) is -0.190. The lowest BCUT2D eigenvalue weighted by atomic mass is 10.2. The van der Waals surface area contributed by atoms with Gasteiger partial charge >= 0.3 is 0 Å². The molecule has 0 aliphatic rings. The molecule has 6 nitrogen and oxygen atoms in total. The average molecular weight is 346 g/mol. The van der Waals surface area contributed by atoms with Crippen LogP contribution in [0.2, 0.25) is 5.02 Å². The summed E-state index contributed by atoms with van der Waals surface area (Å²) in [5.41, 5.74) is 3.44. The molecule has 2 aromatic rings. The van der Waals surface area contributed by atoms with Crippen molar-refractivity contribution in [2.45, 2.75) is 0 Å². The van der Waals surface area contributed by atoms with Crippen LogP contribution < -0.4 is 15.5 Å². The van der Waals surface area contributed by atoms with Crippen molar-refractivity contribution < 1.29 is 14.3 Å². The highest BCUT2D eigenvalue weighted by atomic mass is 35.5. The maximum Gasteiger partial charge on any atom is 0.259 e. The Kier molecular flexibility index (Phi) is 6.33. The van der Waals surface area contributed by atoms with Crippen molar-refractivity contribution >= 4 is 29.6 Å². The Morgan fingerprint density at radius 3 is 2.54 bits per heavy atom. The molecule has 0 saturated heterocycles. The van der Waals surface area contributed by atoms with E-state index < -0.39 is 5.91 Å². The van der Waals surface area contributed by atoms with E-state index in [1.54, 1.807) is 49.6 Å². The van der Waals surface area contributed by atoms with Crippen LogP contribution >= 0.6 is 11.6 Å². The van der Waals surface area contributed by atoms with Crippen LogP contribution in [0.15, 0.2) is 53.6 Å². The molecule has 0 aromatic heterocycles. The third-order valence-corrected chi connectivity index (χ3v) is 3.40. The second-order valence-electron chi connectivity index (χ2n) is 4.73. The van der Waals surface area contributed by atoms with Gasteiger partial charge in [-0.1, -0.05) is 29.8 Å². The van der Waals surface area contributed by atoms with Crippen molar-refractivity contribution in [3.63, 3.8) is 0 Å². The van der Waals surface area contributed by atoms with Gasteiger partial charge in [-0.3, -0.25) is 9.59 Å². The number of rotatable bonds is 6. The summed E-state index contributed by atoms with van der Waals surface area (Å²) in [5.74, 6) is -0.152. The molecule has 124 valence electrons. The van der Waals surface area contributed by atoms with Crippen molar-refractivity contribution in [3.05, 3.63) is 64.7 Å². The summed E-state index contributed by atoms with van der Waals surface area (Å²) < 4.78 is 5.02. The van der Waals surface area contributed by atoms with Crippen molar-refractivity contribution in [2.75, 3.05) is 13.7 Å². The van der Waals surface area contributed by atoms with Gasteiger partial charge in [0, 0.05) is 16.1 Å². The number of hydrazone groups is 1. The fourth-order valence-electron chi connectivity index (χ4n) is 1.80. The molecule has 0 radical (unpaired) electrons. The number of nitrogens with zero attached hydrogens (tertiary/aromatic N) is 1. The largest absolute Gasteiger partial charge is 0.497 e. The molecule has 2 aromatic carbocycles. The van der Waals surface area contributed by atoms with Crippen molar-refractivity contribution in [1.29, 1.82) is 0 Å². The second kappa shape index (κ2) is 8.69. The number of hydrogen-bond acceptors (Lipinski definition) is 4. The molecule has 0 bridgehead atoms. The maximum atomic E-state index is 11.9. The Morgan fingerprint density at radius 2 is 1.88 bits per heavy atom. The average Bonchev–Trinajstić information content (AvgIpc) is 2.61. The SMILES string of the molecule is COc1ccc(C(=O)NCC(=O)N/N=C\c2ccccc2Cl)cc1. The first-order chi connectivity index (χ1) is 11.6. The van der Waals surface area contributed by atoms with Gasteiger partial charge in [0.2, 0.25) is 0 Å². The van der Waals surface area contributed by atoms with E-state index in [4.69, 9.17) is 16.3 Å². The van der Waals surface area contributed by atoms with Crippen LogP contribution in [-0.4, -0.2) is 31.7 Å². The molecule has 2 N–H and O–H groups in total. The molecule has 2 rings (SSSR count). The summed E-state index contributed by atoms with van der Waals surface area (Å²) in [4.78, 5) is 23.6. The van der Waals surface area contributed by atoms with E-state index in [2.05, 4.69) is 15.8 Å². The Labute approximate surface area is 144 Å². The zero-order valence-electron chi connectivity index (χ0n) is 13.0. The number of hydrogen-bond donors (Lipinski definition) is 2.